The average Bonchev–Trinajstić information content (AvgIpc) is 3.08. The van der Waals surface area contributed by atoms with Crippen LogP contribution in [0.4, 0.5) is 11.4 Å². The molecule has 0 saturated carbocycles. The summed E-state index contributed by atoms with van der Waals surface area (Å²) in [5.74, 6) is -1.33. The largest absolute Gasteiger partial charge is 0.489 e. The van der Waals surface area contributed by atoms with Crippen LogP contribution in [0.3, 0.4) is 0 Å². The van der Waals surface area contributed by atoms with Crippen LogP contribution in [0.1, 0.15) is 32.3 Å². The molecule has 0 fully saturated rings. The molecule has 2 aliphatic heterocycles. The van der Waals surface area contributed by atoms with Gasteiger partial charge in [0.1, 0.15) is 18.9 Å². The van der Waals surface area contributed by atoms with E-state index in [1.807, 2.05) is 30.3 Å². The fourth-order valence-corrected chi connectivity index (χ4v) is 4.17. The number of para-hydroxylation sites is 2. The molecular weight excluding hydrogens is 426 g/mol. The Bertz CT molecular complexity index is 1310. The average molecular weight is 443 g/mol. The van der Waals surface area contributed by atoms with Crippen LogP contribution in [0, 0.1) is 10.1 Å². The highest BCUT2D eigenvalue weighted by Crippen LogP contribution is 2.39. The Morgan fingerprint density at radius 2 is 1.67 bits per heavy atom. The van der Waals surface area contributed by atoms with E-state index in [0.717, 1.165) is 16.5 Å². The molecule has 0 radical (unpaired) electrons. The molecule has 9 heteroatoms. The molecule has 0 bridgehead atoms. The second-order valence-electron chi connectivity index (χ2n) is 7.65. The number of ether oxygens (including phenoxy) is 1. The summed E-state index contributed by atoms with van der Waals surface area (Å²) in [6.07, 6.45) is 0. The Hall–Kier alpha value is -4.53. The summed E-state index contributed by atoms with van der Waals surface area (Å²) in [6.45, 7) is -0.293. The fourth-order valence-electron chi connectivity index (χ4n) is 4.17. The number of rotatable bonds is 4. The van der Waals surface area contributed by atoms with E-state index in [-0.39, 0.29) is 23.4 Å². The number of imide groups is 1. The maximum atomic E-state index is 13.5. The van der Waals surface area contributed by atoms with Crippen molar-refractivity contribution in [1.82, 2.24) is 4.90 Å². The lowest BCUT2D eigenvalue weighted by Crippen LogP contribution is -2.47. The molecule has 1 atom stereocenters. The normalized spacial score (nSPS) is 16.8. The zero-order valence-corrected chi connectivity index (χ0v) is 17.2. The molecule has 2 aliphatic rings. The molecule has 0 spiro atoms. The van der Waals surface area contributed by atoms with Gasteiger partial charge in [0, 0.05) is 12.1 Å². The number of nitrogens with zero attached hydrogens (tertiary/aromatic N) is 3. The minimum Gasteiger partial charge on any atom is -0.489 e. The molecule has 3 aromatic rings. The highest BCUT2D eigenvalue weighted by Gasteiger charge is 2.41. The van der Waals surface area contributed by atoms with Gasteiger partial charge in [0.15, 0.2) is 0 Å². The predicted molar refractivity (Wildman–Crippen MR) is 117 cm³/mol. The van der Waals surface area contributed by atoms with Crippen molar-refractivity contribution in [2.45, 2.75) is 6.04 Å². The lowest BCUT2D eigenvalue weighted by atomic mass is 10.0. The summed E-state index contributed by atoms with van der Waals surface area (Å²) in [7, 11) is 0. The molecule has 0 saturated heterocycles. The van der Waals surface area contributed by atoms with Gasteiger partial charge in [-0.15, -0.1) is 0 Å². The number of anilines is 1. The highest BCUT2D eigenvalue weighted by atomic mass is 16.6. The zero-order valence-electron chi connectivity index (χ0n) is 17.2. The van der Waals surface area contributed by atoms with Crippen molar-refractivity contribution in [3.63, 3.8) is 0 Å². The van der Waals surface area contributed by atoms with Gasteiger partial charge < -0.3 is 4.74 Å². The number of nitro groups is 1. The minimum atomic E-state index is -0.732. The third-order valence-corrected chi connectivity index (χ3v) is 5.74. The monoisotopic (exact) mass is 443 g/mol. The number of carbonyl (C=O) groups is 3. The predicted octanol–water partition coefficient (Wildman–Crippen LogP) is 3.36. The Labute approximate surface area is 187 Å². The van der Waals surface area contributed by atoms with Crippen molar-refractivity contribution < 1.29 is 24.0 Å². The van der Waals surface area contributed by atoms with Crippen molar-refractivity contribution in [2.75, 3.05) is 18.1 Å². The lowest BCUT2D eigenvalue weighted by Gasteiger charge is -2.37. The van der Waals surface area contributed by atoms with Crippen molar-refractivity contribution >= 4 is 29.1 Å². The van der Waals surface area contributed by atoms with Crippen LogP contribution in [0.5, 0.6) is 5.75 Å². The van der Waals surface area contributed by atoms with Crippen LogP contribution in [-0.2, 0) is 4.79 Å². The van der Waals surface area contributed by atoms with Crippen molar-refractivity contribution in [3.05, 3.63) is 99.6 Å². The van der Waals surface area contributed by atoms with Crippen LogP contribution >= 0.6 is 0 Å². The third-order valence-electron chi connectivity index (χ3n) is 5.74. The van der Waals surface area contributed by atoms with Crippen LogP contribution in [-0.4, -0.2) is 40.7 Å². The molecule has 9 nitrogen and oxygen atoms in total. The second-order valence-corrected chi connectivity index (χ2v) is 7.65. The quantitative estimate of drug-likeness (QED) is 0.347. The van der Waals surface area contributed by atoms with Crippen LogP contribution in [0.25, 0.3) is 0 Å². The highest BCUT2D eigenvalue weighted by molar-refractivity contribution is 6.23. The Balaban J connectivity index is 1.48. The maximum absolute atomic E-state index is 13.5. The van der Waals surface area contributed by atoms with Gasteiger partial charge in [0.05, 0.1) is 27.8 Å². The standard InChI is InChI=1S/C24H17N3O6/c28-22(13-25-23(29)17-11-10-16(27(31)32)12-18(17)24(25)30)26-19-8-4-5-9-21(19)33-14-20(26)15-6-2-1-3-7-15/h1-12,20H,13-14H2. The zero-order chi connectivity index (χ0) is 23.1. The van der Waals surface area contributed by atoms with Crippen LogP contribution in [0.15, 0.2) is 72.8 Å². The lowest BCUT2D eigenvalue weighted by molar-refractivity contribution is -0.384. The summed E-state index contributed by atoms with van der Waals surface area (Å²) < 4.78 is 5.86. The molecule has 0 aromatic heterocycles. The van der Waals surface area contributed by atoms with Crippen molar-refractivity contribution in [3.8, 4) is 5.75 Å². The Morgan fingerprint density at radius 3 is 2.42 bits per heavy atom. The first-order chi connectivity index (χ1) is 16.0. The van der Waals surface area contributed by atoms with E-state index in [2.05, 4.69) is 0 Å². The molecule has 1 unspecified atom stereocenters. The van der Waals surface area contributed by atoms with Gasteiger partial charge in [-0.05, 0) is 23.8 Å². The third kappa shape index (κ3) is 3.39. The second kappa shape index (κ2) is 7.86. The number of non-ortho nitro benzene ring substituents is 1. The Kier molecular flexibility index (Phi) is 4.86. The number of nitro benzene ring substituents is 1. The van der Waals surface area contributed by atoms with E-state index in [9.17, 15) is 24.5 Å². The SMILES string of the molecule is O=C1c2ccc([N+](=O)[O-])cc2C(=O)N1CC(=O)N1c2ccccc2OCC1c1ccccc1. The van der Waals surface area contributed by atoms with E-state index >= 15 is 0 Å². The first-order valence-electron chi connectivity index (χ1n) is 10.2. The van der Waals surface area contributed by atoms with Gasteiger partial charge in [-0.1, -0.05) is 42.5 Å². The topological polar surface area (TPSA) is 110 Å². The number of benzene rings is 3. The molecular formula is C24H17N3O6. The summed E-state index contributed by atoms with van der Waals surface area (Å²) >= 11 is 0. The van der Waals surface area contributed by atoms with E-state index in [4.69, 9.17) is 4.74 Å². The van der Waals surface area contributed by atoms with Crippen molar-refractivity contribution in [2.24, 2.45) is 0 Å². The number of amides is 3. The number of fused-ring (bicyclic) bond motifs is 2. The number of hydrogen-bond acceptors (Lipinski definition) is 6. The van der Waals surface area contributed by atoms with Gasteiger partial charge in [-0.25, -0.2) is 0 Å². The van der Waals surface area contributed by atoms with E-state index in [0.29, 0.717) is 11.4 Å². The van der Waals surface area contributed by atoms with E-state index < -0.39 is 35.2 Å². The van der Waals surface area contributed by atoms with E-state index in [1.54, 1.807) is 29.2 Å². The van der Waals surface area contributed by atoms with E-state index in [1.165, 1.54) is 12.1 Å². The maximum Gasteiger partial charge on any atom is 0.270 e. The van der Waals surface area contributed by atoms with Gasteiger partial charge in [0.25, 0.3) is 17.5 Å². The molecule has 33 heavy (non-hydrogen) atoms. The van der Waals surface area contributed by atoms with Crippen LogP contribution < -0.4 is 9.64 Å². The van der Waals surface area contributed by atoms with Gasteiger partial charge >= 0.3 is 0 Å². The summed E-state index contributed by atoms with van der Waals surface area (Å²) in [5, 5.41) is 11.1. The summed E-state index contributed by atoms with van der Waals surface area (Å²) in [6, 6.07) is 19.4. The number of carbonyl (C=O) groups excluding carboxylic acids is 3. The molecule has 0 aliphatic carbocycles. The van der Waals surface area contributed by atoms with Crippen molar-refractivity contribution in [1.29, 1.82) is 0 Å². The van der Waals surface area contributed by atoms with Crippen LogP contribution in [0.2, 0.25) is 0 Å². The van der Waals surface area contributed by atoms with Gasteiger partial charge in [-0.3, -0.25) is 34.3 Å². The molecule has 0 N–H and O–H groups in total. The van der Waals surface area contributed by atoms with Gasteiger partial charge in [-0.2, -0.15) is 0 Å². The molecule has 3 amide bonds. The first-order valence-corrected chi connectivity index (χ1v) is 10.2. The Morgan fingerprint density at radius 1 is 0.970 bits per heavy atom. The number of hydrogen-bond donors (Lipinski definition) is 0. The molecule has 3 aromatic carbocycles. The minimum absolute atomic E-state index is 0.0420. The molecule has 5 rings (SSSR count). The smallest absolute Gasteiger partial charge is 0.270 e. The fraction of sp³-hybridized carbons (Fsp3) is 0.125. The van der Waals surface area contributed by atoms with Gasteiger partial charge in [0.2, 0.25) is 5.91 Å². The molecule has 164 valence electrons. The molecule has 2 heterocycles. The first kappa shape index (κ1) is 20.4. The summed E-state index contributed by atoms with van der Waals surface area (Å²) in [5.41, 5.74) is 1.05. The summed E-state index contributed by atoms with van der Waals surface area (Å²) in [4.78, 5) is 52.1.